The van der Waals surface area contributed by atoms with Crippen LogP contribution in [0.5, 0.6) is 0 Å². The molecule has 5 rings (SSSR count). The number of rotatable bonds is 10. The number of halogens is 1. The molecule has 0 aliphatic heterocycles. The van der Waals surface area contributed by atoms with E-state index in [1.165, 1.54) is 35.9 Å². The molecule has 0 radical (unpaired) electrons. The number of nitro groups is 1. The lowest BCUT2D eigenvalue weighted by atomic mass is 10.3. The zero-order valence-corrected chi connectivity index (χ0v) is 21.2. The summed E-state index contributed by atoms with van der Waals surface area (Å²) in [6.45, 7) is 5.60. The van der Waals surface area contributed by atoms with Gasteiger partial charge in [-0.05, 0) is 18.2 Å². The number of anilines is 1. The molecule has 5 aromatic rings. The van der Waals surface area contributed by atoms with Crippen molar-refractivity contribution in [3.63, 3.8) is 0 Å². The van der Waals surface area contributed by atoms with E-state index in [1.54, 1.807) is 18.3 Å². The number of thiazole rings is 1. The van der Waals surface area contributed by atoms with Crippen LogP contribution in [0.1, 0.15) is 30.4 Å². The molecule has 0 spiro atoms. The van der Waals surface area contributed by atoms with Crippen LogP contribution in [-0.4, -0.2) is 47.9 Å². The standard InChI is InChI=1S/C22H20FN9O2S.C2H6/c23-14-2-1-7-25-17(14)11-26-21-20-22(28-12-27-21)35-19(31-20)6-9-24-8-5-18-29-15-4-3-13(32(33)34)10-16(15)30-18;1-2/h1-4,7,10,12,24H,5-6,8-9,11H2,(H,29,30)(H,26,27,28);1-2H3. The molecular weight excluding hydrogens is 497 g/mol. The predicted molar refractivity (Wildman–Crippen MR) is 141 cm³/mol. The van der Waals surface area contributed by atoms with Gasteiger partial charge in [0.1, 0.15) is 28.3 Å². The van der Waals surface area contributed by atoms with E-state index < -0.39 is 4.92 Å². The number of hydrogen-bond donors (Lipinski definition) is 3. The molecule has 4 heterocycles. The fourth-order valence-electron chi connectivity index (χ4n) is 3.56. The molecule has 0 aliphatic carbocycles. The van der Waals surface area contributed by atoms with Crippen molar-refractivity contribution in [1.82, 2.24) is 35.2 Å². The number of nitrogens with zero attached hydrogens (tertiary/aromatic N) is 6. The summed E-state index contributed by atoms with van der Waals surface area (Å²) in [5.41, 5.74) is 2.35. The first kappa shape index (κ1) is 26.0. The number of H-pyrrole nitrogens is 1. The zero-order valence-electron chi connectivity index (χ0n) is 20.4. The number of pyridine rings is 1. The van der Waals surface area contributed by atoms with Crippen LogP contribution in [0.25, 0.3) is 21.4 Å². The molecule has 3 N–H and O–H groups in total. The minimum Gasteiger partial charge on any atom is -0.362 e. The number of benzene rings is 1. The van der Waals surface area contributed by atoms with Gasteiger partial charge < -0.3 is 15.6 Å². The van der Waals surface area contributed by atoms with Crippen molar-refractivity contribution in [2.75, 3.05) is 18.4 Å². The van der Waals surface area contributed by atoms with E-state index in [9.17, 15) is 14.5 Å². The first-order chi connectivity index (χ1) is 18.1. The molecule has 13 heteroatoms. The molecule has 0 unspecified atom stereocenters. The highest BCUT2D eigenvalue weighted by atomic mass is 32.1. The van der Waals surface area contributed by atoms with Gasteiger partial charge in [0.2, 0.25) is 0 Å². The highest BCUT2D eigenvalue weighted by Gasteiger charge is 2.12. The minimum atomic E-state index is -0.422. The summed E-state index contributed by atoms with van der Waals surface area (Å²) in [6.07, 6.45) is 4.37. The summed E-state index contributed by atoms with van der Waals surface area (Å²) in [5.74, 6) is 0.934. The third-order valence-electron chi connectivity index (χ3n) is 5.28. The van der Waals surface area contributed by atoms with Gasteiger partial charge in [-0.25, -0.2) is 24.3 Å². The second-order valence-corrected chi connectivity index (χ2v) is 8.72. The van der Waals surface area contributed by atoms with Crippen molar-refractivity contribution in [3.8, 4) is 0 Å². The lowest BCUT2D eigenvalue weighted by molar-refractivity contribution is -0.384. The van der Waals surface area contributed by atoms with Gasteiger partial charge >= 0.3 is 0 Å². The van der Waals surface area contributed by atoms with E-state index in [0.29, 0.717) is 54.0 Å². The fraction of sp³-hybridized carbons (Fsp3) is 0.292. The van der Waals surface area contributed by atoms with E-state index in [-0.39, 0.29) is 18.0 Å². The molecule has 0 aliphatic rings. The molecule has 192 valence electrons. The summed E-state index contributed by atoms with van der Waals surface area (Å²) in [4.78, 5) is 36.1. The maximum atomic E-state index is 13.8. The van der Waals surface area contributed by atoms with Gasteiger partial charge in [0, 0.05) is 44.3 Å². The Bertz CT molecular complexity index is 1500. The van der Waals surface area contributed by atoms with Gasteiger partial charge in [-0.2, -0.15) is 0 Å². The SMILES string of the molecule is CC.O=[N+]([O-])c1ccc2nc(CCNCCc3nc4c(NCc5ncccc5F)ncnc4s3)[nH]c2c1. The van der Waals surface area contributed by atoms with Crippen LogP contribution in [0.15, 0.2) is 42.9 Å². The Morgan fingerprint density at radius 2 is 1.95 bits per heavy atom. The topological polar surface area (TPSA) is 147 Å². The van der Waals surface area contributed by atoms with Crippen molar-refractivity contribution in [1.29, 1.82) is 0 Å². The summed E-state index contributed by atoms with van der Waals surface area (Å²) in [7, 11) is 0. The number of nitrogens with one attached hydrogen (secondary N) is 3. The molecule has 0 bridgehead atoms. The zero-order chi connectivity index (χ0) is 26.2. The quantitative estimate of drug-likeness (QED) is 0.137. The third-order valence-corrected chi connectivity index (χ3v) is 6.30. The maximum Gasteiger partial charge on any atom is 0.271 e. The molecule has 0 saturated heterocycles. The number of imidazole rings is 1. The first-order valence-electron chi connectivity index (χ1n) is 11.8. The Morgan fingerprint density at radius 3 is 2.76 bits per heavy atom. The molecular formula is C24H26FN9O2S. The molecule has 0 amide bonds. The third kappa shape index (κ3) is 6.37. The smallest absolute Gasteiger partial charge is 0.271 e. The average molecular weight is 524 g/mol. The second kappa shape index (κ2) is 12.2. The number of aromatic amines is 1. The summed E-state index contributed by atoms with van der Waals surface area (Å²) in [6, 6.07) is 7.50. The van der Waals surface area contributed by atoms with Crippen molar-refractivity contribution in [2.45, 2.75) is 33.2 Å². The normalized spacial score (nSPS) is 10.9. The monoisotopic (exact) mass is 523 g/mol. The van der Waals surface area contributed by atoms with Crippen LogP contribution in [0, 0.1) is 15.9 Å². The highest BCUT2D eigenvalue weighted by Crippen LogP contribution is 2.25. The average Bonchev–Trinajstić information content (AvgIpc) is 3.52. The second-order valence-electron chi connectivity index (χ2n) is 7.66. The van der Waals surface area contributed by atoms with E-state index in [2.05, 4.69) is 40.5 Å². The van der Waals surface area contributed by atoms with Crippen LogP contribution in [0.4, 0.5) is 15.9 Å². The van der Waals surface area contributed by atoms with E-state index in [0.717, 1.165) is 15.7 Å². The van der Waals surface area contributed by atoms with Crippen LogP contribution in [-0.2, 0) is 19.4 Å². The first-order valence-corrected chi connectivity index (χ1v) is 12.7. The van der Waals surface area contributed by atoms with Gasteiger partial charge in [0.05, 0.1) is 33.2 Å². The fourth-order valence-corrected chi connectivity index (χ4v) is 4.46. The number of fused-ring (bicyclic) bond motifs is 2. The van der Waals surface area contributed by atoms with E-state index >= 15 is 0 Å². The van der Waals surface area contributed by atoms with Gasteiger partial charge in [-0.15, -0.1) is 0 Å². The molecule has 37 heavy (non-hydrogen) atoms. The van der Waals surface area contributed by atoms with Crippen LogP contribution in [0.2, 0.25) is 0 Å². The highest BCUT2D eigenvalue weighted by molar-refractivity contribution is 7.18. The van der Waals surface area contributed by atoms with Crippen LogP contribution in [0.3, 0.4) is 0 Å². The maximum absolute atomic E-state index is 13.8. The van der Waals surface area contributed by atoms with Crippen LogP contribution >= 0.6 is 11.3 Å². The summed E-state index contributed by atoms with van der Waals surface area (Å²) >= 11 is 1.49. The summed E-state index contributed by atoms with van der Waals surface area (Å²) < 4.78 is 13.8. The number of aromatic nitrogens is 6. The van der Waals surface area contributed by atoms with Crippen molar-refractivity contribution >= 4 is 44.2 Å². The van der Waals surface area contributed by atoms with Gasteiger partial charge in [0.15, 0.2) is 5.82 Å². The molecule has 0 fully saturated rings. The Morgan fingerprint density at radius 1 is 1.11 bits per heavy atom. The molecule has 4 aromatic heterocycles. The molecule has 11 nitrogen and oxygen atoms in total. The number of hydrogen-bond acceptors (Lipinski definition) is 10. The minimum absolute atomic E-state index is 0.0357. The van der Waals surface area contributed by atoms with E-state index in [4.69, 9.17) is 0 Å². The summed E-state index contributed by atoms with van der Waals surface area (Å²) in [5, 5.41) is 18.3. The van der Waals surface area contributed by atoms with Gasteiger partial charge in [-0.3, -0.25) is 15.1 Å². The molecule has 1 aromatic carbocycles. The molecule has 0 atom stereocenters. The predicted octanol–water partition coefficient (Wildman–Crippen LogP) is 4.42. The van der Waals surface area contributed by atoms with Crippen molar-refractivity contribution in [3.05, 3.63) is 75.3 Å². The van der Waals surface area contributed by atoms with Gasteiger partial charge in [0.25, 0.3) is 5.69 Å². The largest absolute Gasteiger partial charge is 0.362 e. The number of non-ortho nitro benzene ring substituents is 1. The van der Waals surface area contributed by atoms with E-state index in [1.807, 2.05) is 13.8 Å². The van der Waals surface area contributed by atoms with Crippen molar-refractivity contribution in [2.24, 2.45) is 0 Å². The Kier molecular flexibility index (Phi) is 8.59. The van der Waals surface area contributed by atoms with Crippen molar-refractivity contribution < 1.29 is 9.31 Å². The Labute approximate surface area is 215 Å². The molecule has 0 saturated carbocycles. The number of nitro benzene ring substituents is 1. The van der Waals surface area contributed by atoms with Crippen LogP contribution < -0.4 is 10.6 Å². The lowest BCUT2D eigenvalue weighted by Crippen LogP contribution is -2.20. The Balaban J connectivity index is 0.00000156. The van der Waals surface area contributed by atoms with Gasteiger partial charge in [-0.1, -0.05) is 25.2 Å². The lowest BCUT2D eigenvalue weighted by Gasteiger charge is -2.05. The Hall–Kier alpha value is -4.10.